The van der Waals surface area contributed by atoms with Gasteiger partial charge in [-0.05, 0) is 12.3 Å². The second-order valence-corrected chi connectivity index (χ2v) is 4.89. The fourth-order valence-corrected chi connectivity index (χ4v) is 1.94. The van der Waals surface area contributed by atoms with Crippen LogP contribution in [0.4, 0.5) is 18.3 Å². The summed E-state index contributed by atoms with van der Waals surface area (Å²) in [5.74, 6) is 0.181. The van der Waals surface area contributed by atoms with Crippen LogP contribution >= 0.6 is 11.3 Å². The lowest BCUT2D eigenvalue weighted by molar-refractivity contribution is -0.138. The van der Waals surface area contributed by atoms with Crippen LogP contribution in [-0.4, -0.2) is 28.0 Å². The monoisotopic (exact) mass is 269 g/mol. The molecule has 2 N–H and O–H groups in total. The van der Waals surface area contributed by atoms with Gasteiger partial charge < -0.3 is 10.4 Å². The molecule has 0 bridgehead atoms. The number of nitrogens with zero attached hydrogens (tertiary/aromatic N) is 2. The quantitative estimate of drug-likeness (QED) is 0.861. The Labute approximate surface area is 101 Å². The summed E-state index contributed by atoms with van der Waals surface area (Å²) in [5, 5.41) is 17.4. The van der Waals surface area contributed by atoms with E-state index in [9.17, 15) is 13.2 Å². The Morgan fingerprint density at radius 2 is 2.00 bits per heavy atom. The predicted molar refractivity (Wildman–Crippen MR) is 58.9 cm³/mol. The third-order valence-corrected chi connectivity index (χ3v) is 3.12. The maximum Gasteiger partial charge on any atom is 0.445 e. The van der Waals surface area contributed by atoms with Crippen molar-refractivity contribution in [1.82, 2.24) is 10.2 Å². The first-order valence-corrected chi connectivity index (χ1v) is 5.94. The molecule has 1 unspecified atom stereocenters. The van der Waals surface area contributed by atoms with Gasteiger partial charge in [-0.2, -0.15) is 13.2 Å². The predicted octanol–water partition coefficient (Wildman–Crippen LogP) is 2.38. The average Bonchev–Trinajstić information content (AvgIpc) is 2.64. The van der Waals surface area contributed by atoms with Crippen molar-refractivity contribution in [3.05, 3.63) is 5.01 Å². The fraction of sp³-hybridized carbons (Fsp3) is 0.778. The van der Waals surface area contributed by atoms with Gasteiger partial charge in [0.05, 0.1) is 0 Å². The van der Waals surface area contributed by atoms with Crippen LogP contribution in [0.1, 0.15) is 25.3 Å². The van der Waals surface area contributed by atoms with Gasteiger partial charge in [-0.1, -0.05) is 25.2 Å². The minimum atomic E-state index is -4.46. The lowest BCUT2D eigenvalue weighted by atomic mass is 10.0. The van der Waals surface area contributed by atoms with Crippen molar-refractivity contribution in [2.75, 3.05) is 11.9 Å². The SMILES string of the molecule is CC(C)C(CCO)Nc1nnc(C(F)(F)F)s1. The molecule has 0 aliphatic heterocycles. The first-order chi connectivity index (χ1) is 7.84. The summed E-state index contributed by atoms with van der Waals surface area (Å²) in [4.78, 5) is 0. The van der Waals surface area contributed by atoms with Gasteiger partial charge in [0.2, 0.25) is 10.1 Å². The zero-order valence-corrected chi connectivity index (χ0v) is 10.3. The number of hydrogen-bond acceptors (Lipinski definition) is 5. The molecule has 1 atom stereocenters. The molecule has 8 heteroatoms. The standard InChI is InChI=1S/C9H14F3N3OS/c1-5(2)6(3-4-16)13-8-15-14-7(17-8)9(10,11)12/h5-6,16H,3-4H2,1-2H3,(H,13,15). The molecular weight excluding hydrogens is 255 g/mol. The maximum absolute atomic E-state index is 12.3. The molecule has 4 nitrogen and oxygen atoms in total. The van der Waals surface area contributed by atoms with Gasteiger partial charge in [-0.3, -0.25) is 0 Å². The van der Waals surface area contributed by atoms with Gasteiger partial charge in [0.25, 0.3) is 0 Å². The van der Waals surface area contributed by atoms with Gasteiger partial charge in [0.15, 0.2) is 0 Å². The number of aromatic nitrogens is 2. The van der Waals surface area contributed by atoms with Gasteiger partial charge >= 0.3 is 6.18 Å². The Balaban J connectivity index is 2.70. The third kappa shape index (κ3) is 4.12. The van der Waals surface area contributed by atoms with Crippen LogP contribution in [0.15, 0.2) is 0 Å². The van der Waals surface area contributed by atoms with Crippen molar-refractivity contribution in [3.8, 4) is 0 Å². The van der Waals surface area contributed by atoms with Crippen molar-refractivity contribution < 1.29 is 18.3 Å². The minimum Gasteiger partial charge on any atom is -0.396 e. The van der Waals surface area contributed by atoms with E-state index < -0.39 is 11.2 Å². The Bertz CT molecular complexity index is 354. The van der Waals surface area contributed by atoms with E-state index in [4.69, 9.17) is 5.11 Å². The van der Waals surface area contributed by atoms with E-state index in [1.54, 1.807) is 0 Å². The van der Waals surface area contributed by atoms with Gasteiger partial charge in [0.1, 0.15) is 0 Å². The summed E-state index contributed by atoms with van der Waals surface area (Å²) >= 11 is 0.471. The van der Waals surface area contributed by atoms with Crippen LogP contribution in [0.3, 0.4) is 0 Å². The van der Waals surface area contributed by atoms with E-state index >= 15 is 0 Å². The number of nitrogens with one attached hydrogen (secondary N) is 1. The maximum atomic E-state index is 12.3. The zero-order chi connectivity index (χ0) is 13.1. The van der Waals surface area contributed by atoms with Crippen LogP contribution in [0.2, 0.25) is 0 Å². The fourth-order valence-electron chi connectivity index (χ4n) is 1.27. The first kappa shape index (κ1) is 14.2. The molecule has 17 heavy (non-hydrogen) atoms. The smallest absolute Gasteiger partial charge is 0.396 e. The molecule has 1 aromatic rings. The zero-order valence-electron chi connectivity index (χ0n) is 9.45. The minimum absolute atomic E-state index is 0.0270. The van der Waals surface area contributed by atoms with Gasteiger partial charge in [-0.15, -0.1) is 10.2 Å². The molecule has 0 spiro atoms. The number of anilines is 1. The summed E-state index contributed by atoms with van der Waals surface area (Å²) in [6.45, 7) is 3.80. The van der Waals surface area contributed by atoms with Crippen LogP contribution in [0, 0.1) is 5.92 Å². The summed E-state index contributed by atoms with van der Waals surface area (Å²) in [6, 6.07) is -0.117. The number of aliphatic hydroxyl groups excluding tert-OH is 1. The van der Waals surface area contributed by atoms with E-state index in [1.807, 2.05) is 13.8 Å². The molecule has 0 saturated carbocycles. The summed E-state index contributed by atoms with van der Waals surface area (Å²) in [5.41, 5.74) is 0. The van der Waals surface area contributed by atoms with Crippen molar-refractivity contribution >= 4 is 16.5 Å². The van der Waals surface area contributed by atoms with Gasteiger partial charge in [-0.25, -0.2) is 0 Å². The van der Waals surface area contributed by atoms with E-state index in [2.05, 4.69) is 15.5 Å². The summed E-state index contributed by atoms with van der Waals surface area (Å²) in [7, 11) is 0. The molecule has 1 heterocycles. The Kier molecular flexibility index (Phi) is 4.70. The molecule has 98 valence electrons. The van der Waals surface area contributed by atoms with Crippen molar-refractivity contribution in [3.63, 3.8) is 0 Å². The number of halogens is 3. The van der Waals surface area contributed by atoms with Crippen LogP contribution in [0.5, 0.6) is 0 Å². The van der Waals surface area contributed by atoms with Crippen molar-refractivity contribution in [2.45, 2.75) is 32.5 Å². The summed E-state index contributed by atoms with van der Waals surface area (Å²) < 4.78 is 36.9. The van der Waals surface area contributed by atoms with Gasteiger partial charge in [0, 0.05) is 12.6 Å². The topological polar surface area (TPSA) is 58.0 Å². The molecule has 1 rings (SSSR count). The van der Waals surface area contributed by atoms with E-state index in [-0.39, 0.29) is 23.7 Å². The molecule has 0 fully saturated rings. The van der Waals surface area contributed by atoms with Crippen LogP contribution < -0.4 is 5.32 Å². The molecule has 1 aromatic heterocycles. The normalized spacial score (nSPS) is 14.1. The molecule has 0 aromatic carbocycles. The second kappa shape index (κ2) is 5.63. The highest BCUT2D eigenvalue weighted by Gasteiger charge is 2.35. The average molecular weight is 269 g/mol. The number of rotatable bonds is 5. The molecular formula is C9H14F3N3OS. The largest absolute Gasteiger partial charge is 0.445 e. The highest BCUT2D eigenvalue weighted by atomic mass is 32.1. The lowest BCUT2D eigenvalue weighted by Gasteiger charge is -2.20. The number of hydrogen-bond donors (Lipinski definition) is 2. The third-order valence-electron chi connectivity index (χ3n) is 2.22. The van der Waals surface area contributed by atoms with E-state index in [1.165, 1.54) is 0 Å². The Morgan fingerprint density at radius 3 is 2.41 bits per heavy atom. The highest BCUT2D eigenvalue weighted by Crippen LogP contribution is 2.33. The van der Waals surface area contributed by atoms with Crippen molar-refractivity contribution in [1.29, 1.82) is 0 Å². The highest BCUT2D eigenvalue weighted by molar-refractivity contribution is 7.15. The second-order valence-electron chi connectivity index (χ2n) is 3.92. The Morgan fingerprint density at radius 1 is 1.35 bits per heavy atom. The molecule has 0 amide bonds. The molecule has 0 aliphatic carbocycles. The van der Waals surface area contributed by atoms with E-state index in [0.29, 0.717) is 17.8 Å². The summed E-state index contributed by atoms with van der Waals surface area (Å²) in [6.07, 6.45) is -4.00. The van der Waals surface area contributed by atoms with E-state index in [0.717, 1.165) is 0 Å². The lowest BCUT2D eigenvalue weighted by Crippen LogP contribution is -2.26. The molecule has 0 aliphatic rings. The molecule has 0 radical (unpaired) electrons. The first-order valence-electron chi connectivity index (χ1n) is 5.12. The number of aliphatic hydroxyl groups is 1. The van der Waals surface area contributed by atoms with Crippen LogP contribution in [0.25, 0.3) is 0 Å². The number of alkyl halides is 3. The molecule has 0 saturated heterocycles. The van der Waals surface area contributed by atoms with Crippen molar-refractivity contribution in [2.24, 2.45) is 5.92 Å². The Hall–Kier alpha value is -0.890. The van der Waals surface area contributed by atoms with Crippen LogP contribution in [-0.2, 0) is 6.18 Å².